The second-order valence-electron chi connectivity index (χ2n) is 7.73. The summed E-state index contributed by atoms with van der Waals surface area (Å²) in [6.07, 6.45) is 3.08. The molecule has 0 bridgehead atoms. The van der Waals surface area contributed by atoms with Gasteiger partial charge in [-0.2, -0.15) is 10.1 Å². The van der Waals surface area contributed by atoms with Crippen LogP contribution in [0.5, 0.6) is 5.88 Å². The Morgan fingerprint density at radius 3 is 2.73 bits per heavy atom. The first-order valence-corrected chi connectivity index (χ1v) is 10.0. The molecule has 3 heterocycles. The summed E-state index contributed by atoms with van der Waals surface area (Å²) in [5.41, 5.74) is 10.0. The largest absolute Gasteiger partial charge is 0.481 e. The molecule has 0 aliphatic heterocycles. The summed E-state index contributed by atoms with van der Waals surface area (Å²) in [6.45, 7) is 0. The van der Waals surface area contributed by atoms with Crippen LogP contribution in [0.3, 0.4) is 0 Å². The van der Waals surface area contributed by atoms with Crippen LogP contribution in [0.2, 0.25) is 0 Å². The number of hydrogen-bond acceptors (Lipinski definition) is 6. The van der Waals surface area contributed by atoms with Crippen molar-refractivity contribution >= 4 is 10.9 Å². The Morgan fingerprint density at radius 2 is 1.93 bits per heavy atom. The number of nitrogens with two attached hydrogens (primary N) is 1. The lowest BCUT2D eigenvalue weighted by Gasteiger charge is -2.35. The second kappa shape index (κ2) is 7.51. The van der Waals surface area contributed by atoms with Crippen LogP contribution < -0.4 is 10.5 Å². The van der Waals surface area contributed by atoms with Gasteiger partial charge in [-0.15, -0.1) is 0 Å². The molecule has 1 atom stereocenters. The molecule has 1 fully saturated rings. The topological polar surface area (TPSA) is 99.1 Å². The molecule has 3 N–H and O–H groups in total. The third-order valence-corrected chi connectivity index (χ3v) is 5.77. The predicted molar refractivity (Wildman–Crippen MR) is 114 cm³/mol. The van der Waals surface area contributed by atoms with E-state index in [0.717, 1.165) is 40.7 Å². The molecule has 5 rings (SSSR count). The lowest BCUT2D eigenvalue weighted by molar-refractivity contribution is 0.0302. The average Bonchev–Trinajstić information content (AvgIpc) is 3.20. The van der Waals surface area contributed by atoms with Crippen molar-refractivity contribution < 1.29 is 9.84 Å². The summed E-state index contributed by atoms with van der Waals surface area (Å²) in [6, 6.07) is 17.5. The second-order valence-corrected chi connectivity index (χ2v) is 7.73. The van der Waals surface area contributed by atoms with Gasteiger partial charge in [-0.1, -0.05) is 24.3 Å². The normalized spacial score (nSPS) is 19.4. The summed E-state index contributed by atoms with van der Waals surface area (Å²) < 4.78 is 7.04. The van der Waals surface area contributed by atoms with E-state index in [1.165, 1.54) is 0 Å². The molecule has 7 heteroatoms. The molecule has 0 spiro atoms. The van der Waals surface area contributed by atoms with Crippen molar-refractivity contribution in [1.29, 1.82) is 0 Å². The summed E-state index contributed by atoms with van der Waals surface area (Å²) in [5.74, 6) is 1.51. The quantitative estimate of drug-likeness (QED) is 0.533. The Labute approximate surface area is 174 Å². The Kier molecular flexibility index (Phi) is 4.69. The predicted octanol–water partition coefficient (Wildman–Crippen LogP) is 3.26. The van der Waals surface area contributed by atoms with Crippen molar-refractivity contribution in [2.24, 2.45) is 11.7 Å². The van der Waals surface area contributed by atoms with E-state index in [4.69, 9.17) is 15.5 Å². The molecular formula is C23H23N5O2. The molecule has 0 radical (unpaired) electrons. The molecule has 3 aromatic heterocycles. The Morgan fingerprint density at radius 1 is 1.10 bits per heavy atom. The minimum absolute atomic E-state index is 0.163. The van der Waals surface area contributed by atoms with E-state index in [0.29, 0.717) is 11.7 Å². The number of aromatic nitrogens is 4. The van der Waals surface area contributed by atoms with E-state index < -0.39 is 0 Å². The number of fused-ring (bicyclic) bond motifs is 1. The number of benzene rings is 1. The zero-order valence-corrected chi connectivity index (χ0v) is 16.6. The monoisotopic (exact) mass is 401 g/mol. The third kappa shape index (κ3) is 3.32. The summed E-state index contributed by atoms with van der Waals surface area (Å²) in [4.78, 5) is 9.31. The molecule has 1 aromatic carbocycles. The number of aliphatic hydroxyl groups excluding tert-OH is 1. The minimum Gasteiger partial charge on any atom is -0.481 e. The first-order chi connectivity index (χ1) is 14.6. The molecule has 1 saturated carbocycles. The number of hydrogen-bond donors (Lipinski definition) is 2. The smallest absolute Gasteiger partial charge is 0.214 e. The number of ether oxygens (including phenoxy) is 1. The molecule has 4 aromatic rings. The van der Waals surface area contributed by atoms with E-state index in [-0.39, 0.29) is 18.1 Å². The number of rotatable bonds is 5. The van der Waals surface area contributed by atoms with E-state index in [1.54, 1.807) is 17.9 Å². The Balaban J connectivity index is 1.52. The van der Waals surface area contributed by atoms with Gasteiger partial charge in [0.25, 0.3) is 0 Å². The maximum absolute atomic E-state index is 9.58. The average molecular weight is 401 g/mol. The van der Waals surface area contributed by atoms with Crippen molar-refractivity contribution in [3.63, 3.8) is 0 Å². The summed E-state index contributed by atoms with van der Waals surface area (Å²) >= 11 is 0. The van der Waals surface area contributed by atoms with Crippen molar-refractivity contribution in [3.8, 4) is 23.0 Å². The fraction of sp³-hybridized carbons (Fsp3) is 0.261. The SMILES string of the molecule is COc1cccc(-n2ncc3ccc(-c4cccc(C(N)C5CC(O)C5)n4)cc32)n1. The molecular weight excluding hydrogens is 378 g/mol. The maximum Gasteiger partial charge on any atom is 0.214 e. The van der Waals surface area contributed by atoms with Gasteiger partial charge < -0.3 is 15.6 Å². The van der Waals surface area contributed by atoms with Gasteiger partial charge in [-0.25, -0.2) is 4.68 Å². The van der Waals surface area contributed by atoms with E-state index >= 15 is 0 Å². The Hall–Kier alpha value is -3.29. The van der Waals surface area contributed by atoms with Crippen molar-refractivity contribution in [2.45, 2.75) is 25.0 Å². The molecule has 1 unspecified atom stereocenters. The highest BCUT2D eigenvalue weighted by atomic mass is 16.5. The van der Waals surface area contributed by atoms with Gasteiger partial charge >= 0.3 is 0 Å². The third-order valence-electron chi connectivity index (χ3n) is 5.77. The van der Waals surface area contributed by atoms with E-state index in [9.17, 15) is 5.11 Å². The van der Waals surface area contributed by atoms with Crippen molar-refractivity contribution in [1.82, 2.24) is 19.7 Å². The number of methoxy groups -OCH3 is 1. The van der Waals surface area contributed by atoms with Crippen LogP contribution in [0.15, 0.2) is 60.8 Å². The van der Waals surface area contributed by atoms with Crippen LogP contribution in [-0.2, 0) is 0 Å². The molecule has 152 valence electrons. The summed E-state index contributed by atoms with van der Waals surface area (Å²) in [7, 11) is 1.60. The zero-order chi connectivity index (χ0) is 20.7. The van der Waals surface area contributed by atoms with Crippen molar-refractivity contribution in [3.05, 3.63) is 66.5 Å². The number of nitrogens with zero attached hydrogens (tertiary/aromatic N) is 4. The lowest BCUT2D eigenvalue weighted by atomic mass is 9.76. The first kappa shape index (κ1) is 18.7. The lowest BCUT2D eigenvalue weighted by Crippen LogP contribution is -2.36. The van der Waals surface area contributed by atoms with Crippen LogP contribution in [0.1, 0.15) is 24.6 Å². The van der Waals surface area contributed by atoms with Gasteiger partial charge in [-0.3, -0.25) is 4.98 Å². The van der Waals surface area contributed by atoms with Crippen LogP contribution >= 0.6 is 0 Å². The highest BCUT2D eigenvalue weighted by molar-refractivity contribution is 5.84. The van der Waals surface area contributed by atoms with E-state index in [2.05, 4.69) is 16.1 Å². The van der Waals surface area contributed by atoms with Gasteiger partial charge in [0.1, 0.15) is 0 Å². The number of aliphatic hydroxyl groups is 1. The van der Waals surface area contributed by atoms with Gasteiger partial charge in [-0.05, 0) is 43.0 Å². The van der Waals surface area contributed by atoms with Gasteiger partial charge in [0.05, 0.1) is 42.4 Å². The van der Waals surface area contributed by atoms with Crippen LogP contribution in [0.4, 0.5) is 0 Å². The molecule has 0 amide bonds. The summed E-state index contributed by atoms with van der Waals surface area (Å²) in [5, 5.41) is 15.1. The van der Waals surface area contributed by atoms with Crippen LogP contribution in [0, 0.1) is 5.92 Å². The standard InChI is InChI=1S/C23H23N5O2/c1-30-22-7-3-6-21(27-22)28-20-12-14(8-9-15(20)13-25-28)18-4-2-5-19(26-18)23(24)16-10-17(29)11-16/h2-9,12-13,16-17,23,29H,10-11,24H2,1H3. The fourth-order valence-corrected chi connectivity index (χ4v) is 3.96. The Bertz CT molecular complexity index is 1200. The molecule has 7 nitrogen and oxygen atoms in total. The van der Waals surface area contributed by atoms with E-state index in [1.807, 2.05) is 48.7 Å². The molecule has 30 heavy (non-hydrogen) atoms. The fourth-order valence-electron chi connectivity index (χ4n) is 3.96. The van der Waals surface area contributed by atoms with Gasteiger partial charge in [0.15, 0.2) is 5.82 Å². The first-order valence-electron chi connectivity index (χ1n) is 10.0. The minimum atomic E-state index is -0.225. The van der Waals surface area contributed by atoms with Crippen LogP contribution in [0.25, 0.3) is 28.0 Å². The zero-order valence-electron chi connectivity index (χ0n) is 16.6. The molecule has 1 aliphatic carbocycles. The molecule has 0 saturated heterocycles. The molecule has 1 aliphatic rings. The van der Waals surface area contributed by atoms with Crippen LogP contribution in [-0.4, -0.2) is 38.1 Å². The number of pyridine rings is 2. The highest BCUT2D eigenvalue weighted by Gasteiger charge is 2.33. The van der Waals surface area contributed by atoms with Gasteiger partial charge in [0.2, 0.25) is 5.88 Å². The van der Waals surface area contributed by atoms with Crippen molar-refractivity contribution in [2.75, 3.05) is 7.11 Å². The highest BCUT2D eigenvalue weighted by Crippen LogP contribution is 2.36. The maximum atomic E-state index is 9.58. The van der Waals surface area contributed by atoms with Gasteiger partial charge in [0, 0.05) is 17.0 Å².